The summed E-state index contributed by atoms with van der Waals surface area (Å²) in [6.45, 7) is 0.441. The Morgan fingerprint density at radius 1 is 1.11 bits per heavy atom. The Morgan fingerprint density at radius 2 is 1.86 bits per heavy atom. The van der Waals surface area contributed by atoms with E-state index in [-0.39, 0.29) is 23.3 Å². The Hall–Kier alpha value is -2.29. The minimum atomic E-state index is -3.61. The van der Waals surface area contributed by atoms with E-state index in [0.29, 0.717) is 18.1 Å². The van der Waals surface area contributed by atoms with Gasteiger partial charge in [-0.05, 0) is 37.1 Å². The fraction of sp³-hybridized carbons (Fsp3) is 0.300. The maximum atomic E-state index is 13.0. The third-order valence-corrected chi connectivity index (χ3v) is 7.80. The van der Waals surface area contributed by atoms with Crippen LogP contribution < -0.4 is 5.32 Å². The number of hydrogen-bond acceptors (Lipinski definition) is 5. The van der Waals surface area contributed by atoms with Gasteiger partial charge < -0.3 is 5.32 Å². The number of fused-ring (bicyclic) bond motifs is 1. The summed E-state index contributed by atoms with van der Waals surface area (Å²) in [6.07, 6.45) is 2.53. The van der Waals surface area contributed by atoms with Gasteiger partial charge in [0.25, 0.3) is 0 Å². The summed E-state index contributed by atoms with van der Waals surface area (Å²) in [4.78, 5) is 17.3. The van der Waals surface area contributed by atoms with Crippen LogP contribution >= 0.6 is 11.3 Å². The Kier molecular flexibility index (Phi) is 5.43. The van der Waals surface area contributed by atoms with Crippen LogP contribution in [0.5, 0.6) is 0 Å². The average Bonchev–Trinajstić information content (AvgIpc) is 3.11. The van der Waals surface area contributed by atoms with Crippen molar-refractivity contribution < 1.29 is 13.2 Å². The number of piperidine rings is 1. The lowest BCUT2D eigenvalue weighted by Gasteiger charge is -2.34. The second kappa shape index (κ2) is 7.98. The zero-order valence-corrected chi connectivity index (χ0v) is 16.9. The van der Waals surface area contributed by atoms with E-state index in [1.54, 1.807) is 30.3 Å². The van der Waals surface area contributed by atoms with Gasteiger partial charge in [-0.2, -0.15) is 4.31 Å². The molecule has 8 heteroatoms. The molecule has 1 N–H and O–H groups in total. The third-order valence-electron chi connectivity index (χ3n) is 4.88. The number of thiazole rings is 1. The van der Waals surface area contributed by atoms with Crippen LogP contribution in [0, 0.1) is 0 Å². The van der Waals surface area contributed by atoms with Crippen LogP contribution in [0.3, 0.4) is 0 Å². The molecule has 1 aliphatic heterocycles. The molecule has 6 nitrogen and oxygen atoms in total. The number of nitrogens with one attached hydrogen (secondary N) is 1. The van der Waals surface area contributed by atoms with Gasteiger partial charge in [0, 0.05) is 19.0 Å². The summed E-state index contributed by atoms with van der Waals surface area (Å²) in [5, 5.41) is 3.38. The number of carbonyl (C=O) groups is 1. The van der Waals surface area contributed by atoms with E-state index in [1.165, 1.54) is 15.6 Å². The summed E-state index contributed by atoms with van der Waals surface area (Å²) in [6, 6.07) is 15.8. The Morgan fingerprint density at radius 3 is 2.64 bits per heavy atom. The second-order valence-corrected chi connectivity index (χ2v) is 9.74. The summed E-state index contributed by atoms with van der Waals surface area (Å²) in [5.41, 5.74) is 0.841. The molecule has 0 unspecified atom stereocenters. The first-order chi connectivity index (χ1) is 13.5. The molecule has 28 heavy (non-hydrogen) atoms. The van der Waals surface area contributed by atoms with Gasteiger partial charge in [-0.1, -0.05) is 48.1 Å². The summed E-state index contributed by atoms with van der Waals surface area (Å²) in [5.74, 6) is -0.209. The number of rotatable bonds is 5. The molecule has 0 bridgehead atoms. The molecule has 3 aromatic rings. The number of anilines is 1. The average molecular weight is 416 g/mol. The lowest BCUT2D eigenvalue weighted by atomic mass is 10.0. The van der Waals surface area contributed by atoms with Gasteiger partial charge in [0.15, 0.2) is 5.13 Å². The molecule has 0 aliphatic carbocycles. The van der Waals surface area contributed by atoms with E-state index in [2.05, 4.69) is 10.3 Å². The highest BCUT2D eigenvalue weighted by Crippen LogP contribution is 2.29. The predicted molar refractivity (Wildman–Crippen MR) is 111 cm³/mol. The normalized spacial score (nSPS) is 18.2. The number of nitrogens with zero attached hydrogens (tertiary/aromatic N) is 2. The monoisotopic (exact) mass is 415 g/mol. The van der Waals surface area contributed by atoms with Crippen molar-refractivity contribution in [2.75, 3.05) is 11.9 Å². The molecular formula is C20H21N3O3S2. The molecule has 1 aliphatic rings. The van der Waals surface area contributed by atoms with Gasteiger partial charge in [0.05, 0.1) is 15.1 Å². The van der Waals surface area contributed by atoms with Crippen LogP contribution in [0.25, 0.3) is 10.2 Å². The molecule has 2 aromatic carbocycles. The fourth-order valence-electron chi connectivity index (χ4n) is 3.53. The highest BCUT2D eigenvalue weighted by molar-refractivity contribution is 7.89. The first kappa shape index (κ1) is 19.0. The molecule has 0 saturated carbocycles. The number of sulfonamides is 1. The number of carbonyl (C=O) groups excluding carboxylic acids is 1. The minimum Gasteiger partial charge on any atom is -0.302 e. The van der Waals surface area contributed by atoms with Gasteiger partial charge in [0.1, 0.15) is 0 Å². The molecule has 146 valence electrons. The molecular weight excluding hydrogens is 394 g/mol. The summed E-state index contributed by atoms with van der Waals surface area (Å²) < 4.78 is 28.6. The van der Waals surface area contributed by atoms with Crippen molar-refractivity contribution in [2.45, 2.75) is 36.6 Å². The Bertz CT molecular complexity index is 1050. The summed E-state index contributed by atoms with van der Waals surface area (Å²) in [7, 11) is -3.61. The molecule has 0 radical (unpaired) electrons. The highest BCUT2D eigenvalue weighted by Gasteiger charge is 2.34. The molecule has 1 amide bonds. The minimum absolute atomic E-state index is 0.127. The fourth-order valence-corrected chi connectivity index (χ4v) is 6.13. The number of benzene rings is 2. The molecule has 4 rings (SSSR count). The Balaban J connectivity index is 1.49. The van der Waals surface area contributed by atoms with Gasteiger partial charge in [-0.25, -0.2) is 13.4 Å². The molecule has 1 atom stereocenters. The van der Waals surface area contributed by atoms with Crippen molar-refractivity contribution in [3.63, 3.8) is 0 Å². The van der Waals surface area contributed by atoms with Crippen LogP contribution in [-0.4, -0.2) is 36.2 Å². The smallest absolute Gasteiger partial charge is 0.243 e. The van der Waals surface area contributed by atoms with Crippen LogP contribution in [0.15, 0.2) is 59.5 Å². The quantitative estimate of drug-likeness (QED) is 0.686. The highest BCUT2D eigenvalue weighted by atomic mass is 32.2. The van der Waals surface area contributed by atoms with Crippen molar-refractivity contribution >= 4 is 42.6 Å². The molecule has 1 saturated heterocycles. The van der Waals surface area contributed by atoms with E-state index in [4.69, 9.17) is 0 Å². The topological polar surface area (TPSA) is 79.4 Å². The number of para-hydroxylation sites is 1. The second-order valence-electron chi connectivity index (χ2n) is 6.82. The van der Waals surface area contributed by atoms with Crippen LogP contribution in [0.1, 0.15) is 25.7 Å². The van der Waals surface area contributed by atoms with Crippen molar-refractivity contribution in [1.29, 1.82) is 0 Å². The standard InChI is InChI=1S/C20H21N3O3S2/c24-19(22-20-21-17-11-4-5-12-18(17)27-20)14-15-8-6-7-13-23(15)28(25,26)16-9-2-1-3-10-16/h1-5,9-12,15H,6-8,13-14H2,(H,21,22,24)/t15-/m1/s1. The van der Waals surface area contributed by atoms with Crippen LogP contribution in [0.4, 0.5) is 5.13 Å². The zero-order chi connectivity index (χ0) is 19.6. The number of hydrogen-bond donors (Lipinski definition) is 1. The van der Waals surface area contributed by atoms with Crippen molar-refractivity contribution in [3.8, 4) is 0 Å². The van der Waals surface area contributed by atoms with E-state index in [9.17, 15) is 13.2 Å². The lowest BCUT2D eigenvalue weighted by Crippen LogP contribution is -2.45. The van der Waals surface area contributed by atoms with Gasteiger partial charge in [-0.15, -0.1) is 0 Å². The van der Waals surface area contributed by atoms with Crippen molar-refractivity contribution in [3.05, 3.63) is 54.6 Å². The van der Waals surface area contributed by atoms with Gasteiger partial charge in [0.2, 0.25) is 15.9 Å². The first-order valence-electron chi connectivity index (χ1n) is 9.26. The zero-order valence-electron chi connectivity index (χ0n) is 15.2. The third kappa shape index (κ3) is 3.94. The predicted octanol–water partition coefficient (Wildman–Crippen LogP) is 3.87. The molecule has 0 spiro atoms. The maximum absolute atomic E-state index is 13.0. The van der Waals surface area contributed by atoms with E-state index in [1.807, 2.05) is 24.3 Å². The Labute approximate surface area is 168 Å². The molecule has 1 aromatic heterocycles. The molecule has 1 fully saturated rings. The first-order valence-corrected chi connectivity index (χ1v) is 11.5. The van der Waals surface area contributed by atoms with Crippen LogP contribution in [0.2, 0.25) is 0 Å². The molecule has 2 heterocycles. The van der Waals surface area contributed by atoms with E-state index >= 15 is 0 Å². The van der Waals surface area contributed by atoms with Gasteiger partial charge in [-0.3, -0.25) is 4.79 Å². The van der Waals surface area contributed by atoms with Crippen LogP contribution in [-0.2, 0) is 14.8 Å². The lowest BCUT2D eigenvalue weighted by molar-refractivity contribution is -0.117. The number of aromatic nitrogens is 1. The van der Waals surface area contributed by atoms with Gasteiger partial charge >= 0.3 is 0 Å². The largest absolute Gasteiger partial charge is 0.302 e. The van der Waals surface area contributed by atoms with Crippen molar-refractivity contribution in [1.82, 2.24) is 9.29 Å². The summed E-state index contributed by atoms with van der Waals surface area (Å²) >= 11 is 1.42. The SMILES string of the molecule is O=C(C[C@H]1CCCCN1S(=O)(=O)c1ccccc1)Nc1nc2ccccc2s1. The number of amides is 1. The maximum Gasteiger partial charge on any atom is 0.243 e. The van der Waals surface area contributed by atoms with E-state index in [0.717, 1.165) is 23.1 Å². The van der Waals surface area contributed by atoms with Crippen molar-refractivity contribution in [2.24, 2.45) is 0 Å². The van der Waals surface area contributed by atoms with E-state index < -0.39 is 10.0 Å².